The number of carbonyl (C=O) groups excluding carboxylic acids is 2. The van der Waals surface area contributed by atoms with E-state index in [1.54, 1.807) is 5.32 Å². The summed E-state index contributed by atoms with van der Waals surface area (Å²) in [6, 6.07) is 7.08. The Morgan fingerprint density at radius 3 is 2.41 bits per heavy atom. The lowest BCUT2D eigenvalue weighted by Crippen LogP contribution is -2.69. The number of nitriles is 1. The van der Waals surface area contributed by atoms with Crippen LogP contribution in [-0.4, -0.2) is 30.8 Å². The Morgan fingerprint density at radius 2 is 1.81 bits per heavy atom. The number of hydrogen-bond donors (Lipinski definition) is 2. The van der Waals surface area contributed by atoms with Crippen LogP contribution >= 0.6 is 22.9 Å². The van der Waals surface area contributed by atoms with Crippen molar-refractivity contribution in [2.45, 2.75) is 43.9 Å². The molecule has 0 unspecified atom stereocenters. The van der Waals surface area contributed by atoms with Gasteiger partial charge in [-0.2, -0.15) is 18.4 Å². The zero-order valence-electron chi connectivity index (χ0n) is 16.9. The Bertz CT molecular complexity index is 1060. The van der Waals surface area contributed by atoms with Crippen molar-refractivity contribution in [3.05, 3.63) is 50.9 Å². The van der Waals surface area contributed by atoms with Gasteiger partial charge in [-0.3, -0.25) is 4.79 Å². The van der Waals surface area contributed by atoms with E-state index in [1.165, 1.54) is 24.3 Å². The maximum Gasteiger partial charge on any atom is 0.441 e. The average Bonchev–Trinajstić information content (AvgIpc) is 2.90. The summed E-state index contributed by atoms with van der Waals surface area (Å²) >= 11 is 6.75. The van der Waals surface area contributed by atoms with E-state index in [4.69, 9.17) is 11.6 Å². The van der Waals surface area contributed by atoms with Gasteiger partial charge >= 0.3 is 17.8 Å². The predicted molar refractivity (Wildman–Crippen MR) is 114 cm³/mol. The van der Waals surface area contributed by atoms with Crippen molar-refractivity contribution in [3.8, 4) is 6.07 Å². The number of nitrogens with zero attached hydrogens (tertiary/aromatic N) is 1. The Morgan fingerprint density at radius 1 is 1.16 bits per heavy atom. The van der Waals surface area contributed by atoms with Gasteiger partial charge in [-0.1, -0.05) is 18.0 Å². The molecule has 1 amide bonds. The number of halogens is 4. The van der Waals surface area contributed by atoms with Gasteiger partial charge in [0.2, 0.25) is 0 Å². The lowest BCUT2D eigenvalue weighted by atomic mass is 10.0. The minimum absolute atomic E-state index is 0.0465. The van der Waals surface area contributed by atoms with Gasteiger partial charge < -0.3 is 15.4 Å². The Kier molecular flexibility index (Phi) is 7.00. The minimum Gasteiger partial charge on any atom is -0.466 e. The maximum atomic E-state index is 14.3. The molecule has 1 heterocycles. The summed E-state index contributed by atoms with van der Waals surface area (Å²) in [5.41, 5.74) is -3.02. The summed E-state index contributed by atoms with van der Waals surface area (Å²) in [5.74, 6) is -2.94. The molecule has 0 aliphatic heterocycles. The molecule has 170 valence electrons. The van der Waals surface area contributed by atoms with Crippen molar-refractivity contribution < 1.29 is 27.5 Å². The lowest BCUT2D eigenvalue weighted by Gasteiger charge is -2.34. The molecule has 0 spiro atoms. The molecule has 2 N–H and O–H groups in total. The molecule has 32 heavy (non-hydrogen) atoms. The number of nitrogens with one attached hydrogen (secondary N) is 2. The molecule has 11 heteroatoms. The molecule has 1 aromatic carbocycles. The number of fused-ring (bicyclic) bond motifs is 1. The van der Waals surface area contributed by atoms with Gasteiger partial charge in [0.05, 0.1) is 12.7 Å². The first-order valence-electron chi connectivity index (χ1n) is 9.69. The highest BCUT2D eigenvalue weighted by atomic mass is 35.5. The van der Waals surface area contributed by atoms with Crippen LogP contribution in [0.1, 0.15) is 45.6 Å². The molecule has 1 aliphatic carbocycles. The molecule has 6 nitrogen and oxygen atoms in total. The molecule has 0 saturated heterocycles. The third kappa shape index (κ3) is 4.54. The van der Waals surface area contributed by atoms with Crippen molar-refractivity contribution in [1.82, 2.24) is 5.32 Å². The summed E-state index contributed by atoms with van der Waals surface area (Å²) in [6.07, 6.45) is -1.48. The number of ether oxygens (including phenoxy) is 1. The maximum absolute atomic E-state index is 14.3. The first kappa shape index (κ1) is 23.9. The number of carbonyl (C=O) groups is 2. The van der Waals surface area contributed by atoms with Crippen LogP contribution in [0, 0.1) is 11.3 Å². The monoisotopic (exact) mass is 485 g/mol. The highest BCUT2D eigenvalue weighted by Gasteiger charge is 2.64. The molecular formula is C21H19ClF3N3O3S. The fraction of sp³-hybridized carbons (Fsp3) is 0.381. The largest absolute Gasteiger partial charge is 0.466 e. The molecule has 1 atom stereocenters. The summed E-state index contributed by atoms with van der Waals surface area (Å²) in [5, 5.41) is 13.7. The molecule has 3 rings (SSSR count). The number of aryl methyl sites for hydroxylation is 1. The van der Waals surface area contributed by atoms with Crippen molar-refractivity contribution >= 4 is 39.8 Å². The third-order valence-corrected chi connectivity index (χ3v) is 6.62. The third-order valence-electron chi connectivity index (χ3n) is 5.16. The minimum atomic E-state index is -5.30. The van der Waals surface area contributed by atoms with Crippen LogP contribution in [0.2, 0.25) is 5.02 Å². The number of thiophene rings is 1. The van der Waals surface area contributed by atoms with Crippen molar-refractivity contribution in [3.63, 3.8) is 0 Å². The van der Waals surface area contributed by atoms with Gasteiger partial charge in [-0.15, -0.1) is 11.3 Å². The second kappa shape index (κ2) is 9.38. The summed E-state index contributed by atoms with van der Waals surface area (Å²) in [4.78, 5) is 25.9. The summed E-state index contributed by atoms with van der Waals surface area (Å²) < 4.78 is 47.5. The second-order valence-corrected chi connectivity index (χ2v) is 8.75. The van der Waals surface area contributed by atoms with Crippen LogP contribution in [-0.2, 0) is 22.4 Å². The van der Waals surface area contributed by atoms with Crippen molar-refractivity contribution in [1.29, 1.82) is 5.26 Å². The van der Waals surface area contributed by atoms with Gasteiger partial charge in [0.15, 0.2) is 0 Å². The number of esters is 1. The average molecular weight is 486 g/mol. The summed E-state index contributed by atoms with van der Waals surface area (Å²) in [7, 11) is 0.785. The molecule has 0 bridgehead atoms. The number of anilines is 1. The predicted octanol–water partition coefficient (Wildman–Crippen LogP) is 4.82. The van der Waals surface area contributed by atoms with Crippen LogP contribution < -0.4 is 10.6 Å². The van der Waals surface area contributed by atoms with E-state index >= 15 is 0 Å². The van der Waals surface area contributed by atoms with E-state index in [2.05, 4.69) is 10.1 Å². The summed E-state index contributed by atoms with van der Waals surface area (Å²) in [6.45, 7) is 0. The molecule has 1 aliphatic rings. The highest BCUT2D eigenvalue weighted by Crippen LogP contribution is 2.41. The number of alkyl halides is 3. The first-order chi connectivity index (χ1) is 15.1. The van der Waals surface area contributed by atoms with Gasteiger partial charge in [0.1, 0.15) is 11.1 Å². The number of amides is 1. The fourth-order valence-corrected chi connectivity index (χ4v) is 4.93. The van der Waals surface area contributed by atoms with E-state index < -0.39 is 23.7 Å². The standard InChI is InChI=1S/C21H19ClF3N3O3S/c1-31-19(30)20(21(23,24)25,27-17(29)12-7-9-13(22)10-8-12)28-18-15(11-26)14-5-3-2-4-6-16(14)32-18/h7-10,28H,2-6H2,1H3,(H,27,29)/t20-/m1/s1. The number of hydrogen-bond acceptors (Lipinski definition) is 6. The van der Waals surface area contributed by atoms with Crippen LogP contribution in [0.25, 0.3) is 0 Å². The molecule has 2 aromatic rings. The number of rotatable bonds is 5. The molecular weight excluding hydrogens is 467 g/mol. The highest BCUT2D eigenvalue weighted by molar-refractivity contribution is 7.16. The lowest BCUT2D eigenvalue weighted by molar-refractivity contribution is -0.203. The first-order valence-corrected chi connectivity index (χ1v) is 10.9. The van der Waals surface area contributed by atoms with Crippen LogP contribution in [0.3, 0.4) is 0 Å². The number of methoxy groups -OCH3 is 1. The normalized spacial score (nSPS) is 15.5. The van der Waals surface area contributed by atoms with Gasteiger partial charge in [-0.05, 0) is 55.5 Å². The van der Waals surface area contributed by atoms with Crippen LogP contribution in [0.15, 0.2) is 24.3 Å². The SMILES string of the molecule is COC(=O)[C@@](NC(=O)c1ccc(Cl)cc1)(Nc1sc2c(c1C#N)CCCCC2)C(F)(F)F. The molecule has 0 fully saturated rings. The zero-order chi connectivity index (χ0) is 23.5. The topological polar surface area (TPSA) is 91.2 Å². The Balaban J connectivity index is 2.08. The van der Waals surface area contributed by atoms with E-state index in [0.29, 0.717) is 18.4 Å². The van der Waals surface area contributed by atoms with Crippen molar-refractivity contribution in [2.75, 3.05) is 12.4 Å². The van der Waals surface area contributed by atoms with Gasteiger partial charge in [0.25, 0.3) is 5.91 Å². The smallest absolute Gasteiger partial charge is 0.441 e. The Hall–Kier alpha value is -2.77. The van der Waals surface area contributed by atoms with E-state index in [1.807, 2.05) is 6.07 Å². The quantitative estimate of drug-likeness (QED) is 0.360. The Labute approximate surface area is 191 Å². The molecule has 0 radical (unpaired) electrons. The number of benzene rings is 1. The molecule has 1 aromatic heterocycles. The zero-order valence-corrected chi connectivity index (χ0v) is 18.5. The van der Waals surface area contributed by atoms with Crippen LogP contribution in [0.5, 0.6) is 0 Å². The van der Waals surface area contributed by atoms with E-state index in [9.17, 15) is 28.0 Å². The fourth-order valence-electron chi connectivity index (χ4n) is 3.51. The molecule has 0 saturated carbocycles. The van der Waals surface area contributed by atoms with Gasteiger partial charge in [-0.25, -0.2) is 4.79 Å². The van der Waals surface area contributed by atoms with Crippen molar-refractivity contribution in [2.24, 2.45) is 0 Å². The van der Waals surface area contributed by atoms with Crippen LogP contribution in [0.4, 0.5) is 18.2 Å². The van der Waals surface area contributed by atoms with E-state index in [0.717, 1.165) is 42.6 Å². The van der Waals surface area contributed by atoms with E-state index in [-0.39, 0.29) is 21.2 Å². The second-order valence-electron chi connectivity index (χ2n) is 7.21. The van der Waals surface area contributed by atoms with Gasteiger partial charge in [0, 0.05) is 15.5 Å².